The summed E-state index contributed by atoms with van der Waals surface area (Å²) < 4.78 is 0. The molecule has 1 amide bonds. The number of benzene rings is 2. The smallest absolute Gasteiger partial charge is 0.241 e. The van der Waals surface area contributed by atoms with E-state index in [9.17, 15) is 4.79 Å². The van der Waals surface area contributed by atoms with Gasteiger partial charge in [-0.25, -0.2) is 0 Å². The molecule has 0 unspecified atom stereocenters. The van der Waals surface area contributed by atoms with Gasteiger partial charge in [0.1, 0.15) is 0 Å². The molecule has 0 fully saturated rings. The van der Waals surface area contributed by atoms with Gasteiger partial charge in [0.15, 0.2) is 0 Å². The maximum Gasteiger partial charge on any atom is 0.241 e. The van der Waals surface area contributed by atoms with Crippen LogP contribution in [0.3, 0.4) is 0 Å². The van der Waals surface area contributed by atoms with Crippen molar-refractivity contribution in [3.8, 4) is 0 Å². The van der Waals surface area contributed by atoms with Crippen LogP contribution < -0.4 is 5.32 Å². The molecule has 122 valence electrons. The number of hydrogen-bond acceptors (Lipinski definition) is 2. The van der Waals surface area contributed by atoms with Crippen LogP contribution in [0.25, 0.3) is 0 Å². The van der Waals surface area contributed by atoms with Gasteiger partial charge in [0.05, 0.1) is 16.8 Å². The van der Waals surface area contributed by atoms with E-state index in [0.29, 0.717) is 27.3 Å². The van der Waals surface area contributed by atoms with Crippen molar-refractivity contribution in [3.05, 3.63) is 63.1 Å². The molecule has 0 spiro atoms. The van der Waals surface area contributed by atoms with Gasteiger partial charge in [-0.3, -0.25) is 9.69 Å². The molecule has 6 heteroatoms. The van der Waals surface area contributed by atoms with Crippen LogP contribution in [0.2, 0.25) is 15.1 Å². The fourth-order valence-corrected chi connectivity index (χ4v) is 2.51. The van der Waals surface area contributed by atoms with Gasteiger partial charge < -0.3 is 5.32 Å². The zero-order valence-corrected chi connectivity index (χ0v) is 15.1. The second kappa shape index (κ2) is 8.02. The summed E-state index contributed by atoms with van der Waals surface area (Å²) in [7, 11) is 1.89. The summed E-state index contributed by atoms with van der Waals surface area (Å²) in [6.07, 6.45) is 0. The highest BCUT2D eigenvalue weighted by atomic mass is 35.5. The quantitative estimate of drug-likeness (QED) is 0.792. The minimum absolute atomic E-state index is 0.148. The Kier molecular flexibility index (Phi) is 6.31. The number of hydrogen-bond donors (Lipinski definition) is 1. The molecule has 2 aromatic rings. The minimum atomic E-state index is -0.333. The highest BCUT2D eigenvalue weighted by molar-refractivity contribution is 6.35. The van der Waals surface area contributed by atoms with Crippen LogP contribution in [0.1, 0.15) is 12.5 Å². The van der Waals surface area contributed by atoms with Crippen molar-refractivity contribution in [1.82, 2.24) is 4.90 Å². The Morgan fingerprint density at radius 3 is 2.35 bits per heavy atom. The van der Waals surface area contributed by atoms with E-state index in [2.05, 4.69) is 5.32 Å². The van der Waals surface area contributed by atoms with Crippen molar-refractivity contribution in [2.24, 2.45) is 0 Å². The molecular formula is C17H17Cl3N2O. The molecule has 23 heavy (non-hydrogen) atoms. The lowest BCUT2D eigenvalue weighted by molar-refractivity contribution is -0.120. The molecule has 3 nitrogen and oxygen atoms in total. The molecule has 0 aliphatic carbocycles. The number of halogens is 3. The van der Waals surface area contributed by atoms with Crippen molar-refractivity contribution < 1.29 is 4.79 Å². The van der Waals surface area contributed by atoms with Crippen molar-refractivity contribution >= 4 is 46.4 Å². The summed E-state index contributed by atoms with van der Waals surface area (Å²) in [6, 6.07) is 12.2. The van der Waals surface area contributed by atoms with Crippen molar-refractivity contribution in [3.63, 3.8) is 0 Å². The molecule has 2 rings (SSSR count). The van der Waals surface area contributed by atoms with Gasteiger partial charge in [0.25, 0.3) is 0 Å². The predicted octanol–water partition coefficient (Wildman–Crippen LogP) is 5.11. The average molecular weight is 372 g/mol. The summed E-state index contributed by atoms with van der Waals surface area (Å²) in [6.45, 7) is 2.47. The molecule has 0 bridgehead atoms. The van der Waals surface area contributed by atoms with Gasteiger partial charge in [-0.2, -0.15) is 0 Å². The summed E-state index contributed by atoms with van der Waals surface area (Å²) in [5.41, 5.74) is 1.59. The highest BCUT2D eigenvalue weighted by Crippen LogP contribution is 2.25. The van der Waals surface area contributed by atoms with E-state index in [1.807, 2.05) is 43.1 Å². The van der Waals surface area contributed by atoms with Gasteiger partial charge in [0, 0.05) is 16.6 Å². The molecular weight excluding hydrogens is 355 g/mol. The van der Waals surface area contributed by atoms with Crippen LogP contribution in [-0.2, 0) is 11.3 Å². The lowest BCUT2D eigenvalue weighted by Gasteiger charge is -2.24. The molecule has 0 aromatic heterocycles. The first-order valence-electron chi connectivity index (χ1n) is 7.07. The Hall–Kier alpha value is -1.26. The van der Waals surface area contributed by atoms with Crippen molar-refractivity contribution in [2.45, 2.75) is 19.5 Å². The Labute approximate surface area is 151 Å². The second-order valence-corrected chi connectivity index (χ2v) is 6.61. The van der Waals surface area contributed by atoms with Crippen LogP contribution in [0.4, 0.5) is 5.69 Å². The predicted molar refractivity (Wildman–Crippen MR) is 97.5 cm³/mol. The SMILES string of the molecule is C[C@@H](C(=O)Nc1cc(Cl)ccc1Cl)N(C)Cc1ccc(Cl)cc1. The van der Waals surface area contributed by atoms with E-state index >= 15 is 0 Å². The number of carbonyl (C=O) groups is 1. The Morgan fingerprint density at radius 1 is 1.09 bits per heavy atom. The first-order valence-corrected chi connectivity index (χ1v) is 8.21. The fraction of sp³-hybridized carbons (Fsp3) is 0.235. The summed E-state index contributed by atoms with van der Waals surface area (Å²) in [4.78, 5) is 14.3. The highest BCUT2D eigenvalue weighted by Gasteiger charge is 2.19. The Morgan fingerprint density at radius 2 is 1.70 bits per heavy atom. The van der Waals surface area contributed by atoms with E-state index in [0.717, 1.165) is 5.56 Å². The van der Waals surface area contributed by atoms with Gasteiger partial charge in [-0.15, -0.1) is 0 Å². The van der Waals surface area contributed by atoms with E-state index in [4.69, 9.17) is 34.8 Å². The zero-order valence-electron chi connectivity index (χ0n) is 12.8. The number of nitrogens with zero attached hydrogens (tertiary/aromatic N) is 1. The zero-order chi connectivity index (χ0) is 17.0. The number of anilines is 1. The van der Waals surface area contributed by atoms with E-state index < -0.39 is 0 Å². The lowest BCUT2D eigenvalue weighted by Crippen LogP contribution is -2.39. The normalized spacial score (nSPS) is 12.3. The first kappa shape index (κ1) is 18.1. The van der Waals surface area contributed by atoms with Gasteiger partial charge in [-0.05, 0) is 49.9 Å². The Bertz CT molecular complexity index is 689. The molecule has 0 saturated heterocycles. The van der Waals surface area contributed by atoms with Crippen LogP contribution in [-0.4, -0.2) is 23.9 Å². The second-order valence-electron chi connectivity index (χ2n) is 5.33. The largest absolute Gasteiger partial charge is 0.323 e. The molecule has 1 N–H and O–H groups in total. The molecule has 0 aliphatic heterocycles. The van der Waals surface area contributed by atoms with Gasteiger partial charge in [0.2, 0.25) is 5.91 Å². The topological polar surface area (TPSA) is 32.3 Å². The number of amides is 1. The third-order valence-electron chi connectivity index (χ3n) is 3.57. The first-order chi connectivity index (χ1) is 10.9. The summed E-state index contributed by atoms with van der Waals surface area (Å²) in [5.74, 6) is -0.148. The molecule has 0 radical (unpaired) electrons. The summed E-state index contributed by atoms with van der Waals surface area (Å²) in [5, 5.41) is 4.48. The van der Waals surface area contributed by atoms with E-state index in [-0.39, 0.29) is 11.9 Å². The van der Waals surface area contributed by atoms with E-state index in [1.54, 1.807) is 18.2 Å². The van der Waals surface area contributed by atoms with Crippen LogP contribution in [0, 0.1) is 0 Å². The maximum atomic E-state index is 12.4. The van der Waals surface area contributed by atoms with Crippen LogP contribution in [0.5, 0.6) is 0 Å². The monoisotopic (exact) mass is 370 g/mol. The third kappa shape index (κ3) is 5.11. The molecule has 1 atom stereocenters. The van der Waals surface area contributed by atoms with E-state index in [1.165, 1.54) is 0 Å². The van der Waals surface area contributed by atoms with Crippen LogP contribution in [0.15, 0.2) is 42.5 Å². The molecule has 0 aliphatic rings. The molecule has 0 heterocycles. The lowest BCUT2D eigenvalue weighted by atomic mass is 10.2. The fourth-order valence-electron chi connectivity index (χ4n) is 2.05. The minimum Gasteiger partial charge on any atom is -0.323 e. The number of carbonyl (C=O) groups excluding carboxylic acids is 1. The van der Waals surface area contributed by atoms with Gasteiger partial charge >= 0.3 is 0 Å². The maximum absolute atomic E-state index is 12.4. The van der Waals surface area contributed by atoms with Gasteiger partial charge in [-0.1, -0.05) is 46.9 Å². The molecule has 0 saturated carbocycles. The number of nitrogens with one attached hydrogen (secondary N) is 1. The van der Waals surface area contributed by atoms with Crippen molar-refractivity contribution in [1.29, 1.82) is 0 Å². The third-order valence-corrected chi connectivity index (χ3v) is 4.39. The van der Waals surface area contributed by atoms with Crippen molar-refractivity contribution in [2.75, 3.05) is 12.4 Å². The Balaban J connectivity index is 2.00. The number of likely N-dealkylation sites (N-methyl/N-ethyl adjacent to an activating group) is 1. The molecule has 2 aromatic carbocycles. The average Bonchev–Trinajstić information content (AvgIpc) is 2.52. The number of rotatable bonds is 5. The van der Waals surface area contributed by atoms with Crippen LogP contribution >= 0.6 is 34.8 Å². The summed E-state index contributed by atoms with van der Waals surface area (Å²) >= 11 is 17.9. The standard InChI is InChI=1S/C17H17Cl3N2O/c1-11(22(2)10-12-3-5-13(18)6-4-12)17(23)21-16-9-14(19)7-8-15(16)20/h3-9,11H,10H2,1-2H3,(H,21,23)/t11-/m0/s1.